The van der Waals surface area contributed by atoms with Crippen LogP contribution in [-0.2, 0) is 4.79 Å². The fourth-order valence-electron chi connectivity index (χ4n) is 3.66. The van der Waals surface area contributed by atoms with E-state index in [4.69, 9.17) is 5.73 Å². The molecule has 4 unspecified atom stereocenters. The van der Waals surface area contributed by atoms with Crippen LogP contribution in [0, 0.1) is 17.3 Å². The SMILES string of the molecule is CC1CCCC(CNC(=O)C2(C)CCCC2N)C1. The first kappa shape index (κ1) is 13.9. The summed E-state index contributed by atoms with van der Waals surface area (Å²) >= 11 is 0. The van der Waals surface area contributed by atoms with E-state index in [0.29, 0.717) is 5.92 Å². The highest BCUT2D eigenvalue weighted by Gasteiger charge is 2.42. The van der Waals surface area contributed by atoms with E-state index in [1.807, 2.05) is 6.92 Å². The first-order valence-corrected chi connectivity index (χ1v) is 7.56. The Kier molecular flexibility index (Phi) is 4.31. The highest BCUT2D eigenvalue weighted by Crippen LogP contribution is 2.37. The van der Waals surface area contributed by atoms with Crippen molar-refractivity contribution in [2.75, 3.05) is 6.54 Å². The van der Waals surface area contributed by atoms with E-state index < -0.39 is 0 Å². The van der Waals surface area contributed by atoms with Crippen molar-refractivity contribution >= 4 is 5.91 Å². The van der Waals surface area contributed by atoms with Gasteiger partial charge >= 0.3 is 0 Å². The molecule has 2 aliphatic rings. The topological polar surface area (TPSA) is 55.1 Å². The number of nitrogens with two attached hydrogens (primary N) is 1. The molecule has 0 bridgehead atoms. The number of nitrogens with one attached hydrogen (secondary N) is 1. The maximum Gasteiger partial charge on any atom is 0.227 e. The maximum atomic E-state index is 12.3. The molecule has 2 rings (SSSR count). The van der Waals surface area contributed by atoms with E-state index in [-0.39, 0.29) is 17.4 Å². The van der Waals surface area contributed by atoms with Gasteiger partial charge in [0.2, 0.25) is 5.91 Å². The fraction of sp³-hybridized carbons (Fsp3) is 0.933. The van der Waals surface area contributed by atoms with Crippen LogP contribution in [0.25, 0.3) is 0 Å². The van der Waals surface area contributed by atoms with Crippen molar-refractivity contribution in [3.63, 3.8) is 0 Å². The lowest BCUT2D eigenvalue weighted by Crippen LogP contribution is -2.48. The average molecular weight is 252 g/mol. The summed E-state index contributed by atoms with van der Waals surface area (Å²) in [6.45, 7) is 5.21. The van der Waals surface area contributed by atoms with Gasteiger partial charge in [-0.3, -0.25) is 4.79 Å². The van der Waals surface area contributed by atoms with Crippen molar-refractivity contribution in [1.29, 1.82) is 0 Å². The van der Waals surface area contributed by atoms with Gasteiger partial charge in [0.05, 0.1) is 5.41 Å². The zero-order valence-electron chi connectivity index (χ0n) is 11.9. The van der Waals surface area contributed by atoms with E-state index in [1.54, 1.807) is 0 Å². The molecule has 0 aromatic carbocycles. The molecule has 0 heterocycles. The van der Waals surface area contributed by atoms with Gasteiger partial charge in [0, 0.05) is 12.6 Å². The molecule has 1 amide bonds. The van der Waals surface area contributed by atoms with Crippen LogP contribution < -0.4 is 11.1 Å². The minimum Gasteiger partial charge on any atom is -0.355 e. The minimum atomic E-state index is -0.319. The second-order valence-electron chi connectivity index (χ2n) is 6.76. The quantitative estimate of drug-likeness (QED) is 0.810. The van der Waals surface area contributed by atoms with Crippen LogP contribution in [-0.4, -0.2) is 18.5 Å². The van der Waals surface area contributed by atoms with Gasteiger partial charge in [-0.15, -0.1) is 0 Å². The monoisotopic (exact) mass is 252 g/mol. The largest absolute Gasteiger partial charge is 0.355 e. The highest BCUT2D eigenvalue weighted by molar-refractivity contribution is 5.83. The van der Waals surface area contributed by atoms with Gasteiger partial charge in [-0.05, 0) is 44.4 Å². The van der Waals surface area contributed by atoms with Gasteiger partial charge in [-0.2, -0.15) is 0 Å². The van der Waals surface area contributed by atoms with Crippen molar-refractivity contribution in [3.05, 3.63) is 0 Å². The third kappa shape index (κ3) is 2.87. The summed E-state index contributed by atoms with van der Waals surface area (Å²) in [5.74, 6) is 1.69. The van der Waals surface area contributed by atoms with Crippen LogP contribution in [0.1, 0.15) is 58.8 Å². The third-order valence-corrected chi connectivity index (χ3v) is 5.14. The lowest BCUT2D eigenvalue weighted by Gasteiger charge is -2.31. The van der Waals surface area contributed by atoms with Crippen LogP contribution in [0.2, 0.25) is 0 Å². The van der Waals surface area contributed by atoms with Gasteiger partial charge in [0.1, 0.15) is 0 Å². The van der Waals surface area contributed by atoms with Crippen molar-refractivity contribution in [1.82, 2.24) is 5.32 Å². The van der Waals surface area contributed by atoms with E-state index in [1.165, 1.54) is 25.7 Å². The second kappa shape index (κ2) is 5.60. The molecule has 3 heteroatoms. The Morgan fingerprint density at radius 3 is 2.72 bits per heavy atom. The summed E-state index contributed by atoms with van der Waals surface area (Å²) in [6.07, 6.45) is 8.24. The van der Waals surface area contributed by atoms with E-state index in [0.717, 1.165) is 31.7 Å². The first-order valence-electron chi connectivity index (χ1n) is 7.56. The van der Waals surface area contributed by atoms with E-state index in [2.05, 4.69) is 12.2 Å². The number of amides is 1. The Bertz CT molecular complexity index is 305. The highest BCUT2D eigenvalue weighted by atomic mass is 16.2. The Hall–Kier alpha value is -0.570. The van der Waals surface area contributed by atoms with Gasteiger partial charge in [0.15, 0.2) is 0 Å². The number of hydrogen-bond donors (Lipinski definition) is 2. The lowest BCUT2D eigenvalue weighted by molar-refractivity contribution is -0.130. The molecule has 0 saturated heterocycles. The molecule has 104 valence electrons. The molecule has 0 aromatic rings. The van der Waals surface area contributed by atoms with Gasteiger partial charge in [-0.1, -0.05) is 26.2 Å². The summed E-state index contributed by atoms with van der Waals surface area (Å²) in [5, 5.41) is 3.17. The Balaban J connectivity index is 1.81. The van der Waals surface area contributed by atoms with Crippen molar-refractivity contribution in [2.45, 2.75) is 64.8 Å². The normalized spacial score (nSPS) is 40.7. The van der Waals surface area contributed by atoms with Crippen molar-refractivity contribution in [3.8, 4) is 0 Å². The molecular formula is C15H28N2O. The van der Waals surface area contributed by atoms with Crippen molar-refractivity contribution in [2.24, 2.45) is 23.0 Å². The molecule has 2 fully saturated rings. The smallest absolute Gasteiger partial charge is 0.227 e. The van der Waals surface area contributed by atoms with Gasteiger partial charge in [0.25, 0.3) is 0 Å². The molecule has 0 aromatic heterocycles. The predicted molar refractivity (Wildman–Crippen MR) is 74.1 cm³/mol. The Labute approximate surface area is 111 Å². The number of hydrogen-bond acceptors (Lipinski definition) is 2. The Morgan fingerprint density at radius 2 is 2.11 bits per heavy atom. The minimum absolute atomic E-state index is 0.0442. The van der Waals surface area contributed by atoms with Crippen LogP contribution in [0.3, 0.4) is 0 Å². The second-order valence-corrected chi connectivity index (χ2v) is 6.76. The standard InChI is InChI=1S/C15H28N2O/c1-11-5-3-6-12(9-11)10-17-14(18)15(2)8-4-7-13(15)16/h11-13H,3-10,16H2,1-2H3,(H,17,18). The van der Waals surface area contributed by atoms with Crippen LogP contribution in [0.15, 0.2) is 0 Å². The molecule has 0 aliphatic heterocycles. The molecule has 2 aliphatic carbocycles. The molecule has 0 radical (unpaired) electrons. The van der Waals surface area contributed by atoms with Crippen LogP contribution >= 0.6 is 0 Å². The molecule has 0 spiro atoms. The van der Waals surface area contributed by atoms with Gasteiger partial charge in [-0.25, -0.2) is 0 Å². The number of rotatable bonds is 3. The molecule has 18 heavy (non-hydrogen) atoms. The first-order chi connectivity index (χ1) is 8.52. The van der Waals surface area contributed by atoms with E-state index >= 15 is 0 Å². The number of carbonyl (C=O) groups is 1. The summed E-state index contributed by atoms with van der Waals surface area (Å²) in [6, 6.07) is 0.0442. The predicted octanol–water partition coefficient (Wildman–Crippen LogP) is 2.45. The number of carbonyl (C=O) groups excluding carboxylic acids is 1. The maximum absolute atomic E-state index is 12.3. The van der Waals surface area contributed by atoms with Crippen LogP contribution in [0.4, 0.5) is 0 Å². The summed E-state index contributed by atoms with van der Waals surface area (Å²) in [7, 11) is 0. The fourth-order valence-corrected chi connectivity index (χ4v) is 3.66. The Morgan fingerprint density at radius 1 is 1.33 bits per heavy atom. The molecule has 3 N–H and O–H groups in total. The molecular weight excluding hydrogens is 224 g/mol. The zero-order chi connectivity index (χ0) is 13.2. The summed E-state index contributed by atoms with van der Waals surface area (Å²) in [5.41, 5.74) is 5.76. The zero-order valence-corrected chi connectivity index (χ0v) is 11.9. The van der Waals surface area contributed by atoms with E-state index in [9.17, 15) is 4.79 Å². The summed E-state index contributed by atoms with van der Waals surface area (Å²) < 4.78 is 0. The van der Waals surface area contributed by atoms with Crippen LogP contribution in [0.5, 0.6) is 0 Å². The molecule has 4 atom stereocenters. The lowest BCUT2D eigenvalue weighted by atomic mass is 9.81. The third-order valence-electron chi connectivity index (χ3n) is 5.14. The average Bonchev–Trinajstić information content (AvgIpc) is 2.68. The molecule has 3 nitrogen and oxygen atoms in total. The molecule has 2 saturated carbocycles. The summed E-state index contributed by atoms with van der Waals surface area (Å²) in [4.78, 5) is 12.3. The van der Waals surface area contributed by atoms with Crippen molar-refractivity contribution < 1.29 is 4.79 Å². The van der Waals surface area contributed by atoms with Gasteiger partial charge < -0.3 is 11.1 Å².